The molecule has 1 aromatic rings. The van der Waals surface area contributed by atoms with Gasteiger partial charge in [0.2, 0.25) is 5.28 Å². The molecule has 1 aromatic heterocycles. The Labute approximate surface area is 97.4 Å². The van der Waals surface area contributed by atoms with Crippen molar-refractivity contribution in [2.24, 2.45) is 0 Å². The van der Waals surface area contributed by atoms with E-state index in [2.05, 4.69) is 16.0 Å². The minimum Gasteiger partial charge on any atom is -0.284 e. The van der Waals surface area contributed by atoms with Gasteiger partial charge in [-0.2, -0.15) is 5.26 Å². The van der Waals surface area contributed by atoms with Gasteiger partial charge < -0.3 is 0 Å². The maximum atomic E-state index is 8.60. The van der Waals surface area contributed by atoms with E-state index < -0.39 is 0 Å². The van der Waals surface area contributed by atoms with Crippen LogP contribution < -0.4 is 0 Å². The first-order valence-electron chi connectivity index (χ1n) is 4.51. The summed E-state index contributed by atoms with van der Waals surface area (Å²) in [6.45, 7) is 1.83. The maximum absolute atomic E-state index is 8.60. The van der Waals surface area contributed by atoms with Crippen LogP contribution in [-0.4, -0.2) is 28.0 Å². The second kappa shape index (κ2) is 4.31. The van der Waals surface area contributed by atoms with E-state index in [1.807, 2.05) is 4.90 Å². The Bertz CT molecular complexity index is 427. The topological polar surface area (TPSA) is 52.8 Å². The summed E-state index contributed by atoms with van der Waals surface area (Å²) in [6.07, 6.45) is 0.771. The minimum absolute atomic E-state index is 0.164. The molecule has 0 fully saturated rings. The number of nitriles is 1. The predicted octanol–water partition coefficient (Wildman–Crippen LogP) is 1.67. The fourth-order valence-corrected chi connectivity index (χ4v) is 2.16. The van der Waals surface area contributed by atoms with Crippen molar-refractivity contribution in [3.05, 3.63) is 21.7 Å². The van der Waals surface area contributed by atoms with Crippen LogP contribution in [0.25, 0.3) is 0 Å². The van der Waals surface area contributed by atoms with Gasteiger partial charge in [-0.25, -0.2) is 9.97 Å². The van der Waals surface area contributed by atoms with Crippen molar-refractivity contribution in [2.75, 3.05) is 13.1 Å². The van der Waals surface area contributed by atoms with Crippen LogP contribution in [0.15, 0.2) is 0 Å². The van der Waals surface area contributed by atoms with Crippen LogP contribution in [0.2, 0.25) is 10.4 Å². The Morgan fingerprint density at radius 2 is 2.20 bits per heavy atom. The molecule has 0 saturated carbocycles. The highest BCUT2D eigenvalue weighted by Crippen LogP contribution is 2.24. The van der Waals surface area contributed by atoms with Gasteiger partial charge in [-0.1, -0.05) is 11.6 Å². The Morgan fingerprint density at radius 3 is 2.93 bits per heavy atom. The Hall–Kier alpha value is -0.890. The van der Waals surface area contributed by atoms with Gasteiger partial charge in [-0.15, -0.1) is 0 Å². The predicted molar refractivity (Wildman–Crippen MR) is 56.6 cm³/mol. The zero-order chi connectivity index (χ0) is 10.8. The summed E-state index contributed by atoms with van der Waals surface area (Å²) in [7, 11) is 0. The lowest BCUT2D eigenvalue weighted by atomic mass is 10.1. The van der Waals surface area contributed by atoms with E-state index in [1.54, 1.807) is 0 Å². The molecule has 2 rings (SSSR count). The molecule has 0 radical (unpaired) electrons. The van der Waals surface area contributed by atoms with Gasteiger partial charge >= 0.3 is 0 Å². The largest absolute Gasteiger partial charge is 0.284 e. The quantitative estimate of drug-likeness (QED) is 0.427. The number of aromatic nitrogens is 2. The van der Waals surface area contributed by atoms with Crippen LogP contribution in [0.5, 0.6) is 0 Å². The monoisotopic (exact) mass is 242 g/mol. The van der Waals surface area contributed by atoms with Crippen molar-refractivity contribution in [3.63, 3.8) is 0 Å². The molecule has 0 saturated heterocycles. The lowest BCUT2D eigenvalue weighted by Crippen LogP contribution is -2.31. The van der Waals surface area contributed by atoms with Gasteiger partial charge in [-0.05, 0) is 18.0 Å². The third-order valence-corrected chi connectivity index (χ3v) is 2.84. The summed E-state index contributed by atoms with van der Waals surface area (Å²) >= 11 is 11.7. The fraction of sp³-hybridized carbons (Fsp3) is 0.444. The first-order chi connectivity index (χ1) is 7.20. The van der Waals surface area contributed by atoms with Crippen molar-refractivity contribution in [1.82, 2.24) is 14.9 Å². The lowest BCUT2D eigenvalue weighted by molar-refractivity contribution is 0.280. The van der Waals surface area contributed by atoms with Crippen molar-refractivity contribution in [1.29, 1.82) is 5.26 Å². The highest BCUT2D eigenvalue weighted by molar-refractivity contribution is 6.32. The summed E-state index contributed by atoms with van der Waals surface area (Å²) in [4.78, 5) is 10.0. The third-order valence-electron chi connectivity index (χ3n) is 2.36. The molecule has 0 spiro atoms. The van der Waals surface area contributed by atoms with Crippen LogP contribution in [-0.2, 0) is 13.0 Å². The molecule has 0 atom stereocenters. The van der Waals surface area contributed by atoms with Crippen molar-refractivity contribution in [2.45, 2.75) is 13.0 Å². The maximum Gasteiger partial charge on any atom is 0.224 e. The summed E-state index contributed by atoms with van der Waals surface area (Å²) < 4.78 is 0. The molecule has 6 heteroatoms. The molecule has 0 bridgehead atoms. The second-order valence-corrected chi connectivity index (χ2v) is 4.02. The number of hydrogen-bond acceptors (Lipinski definition) is 4. The van der Waals surface area contributed by atoms with Gasteiger partial charge in [0.15, 0.2) is 0 Å². The minimum atomic E-state index is 0.164. The van der Waals surface area contributed by atoms with E-state index in [0.29, 0.717) is 18.2 Å². The first-order valence-corrected chi connectivity index (χ1v) is 5.26. The van der Waals surface area contributed by atoms with Crippen LogP contribution in [0.1, 0.15) is 11.3 Å². The average Bonchev–Trinajstić information content (AvgIpc) is 2.17. The second-order valence-electron chi connectivity index (χ2n) is 3.33. The van der Waals surface area contributed by atoms with E-state index in [-0.39, 0.29) is 5.28 Å². The molecule has 0 aromatic carbocycles. The first kappa shape index (κ1) is 10.6. The molecule has 1 aliphatic heterocycles. The molecule has 2 heterocycles. The van der Waals surface area contributed by atoms with Crippen molar-refractivity contribution in [3.8, 4) is 6.07 Å². The van der Waals surface area contributed by atoms with Gasteiger partial charge in [0.1, 0.15) is 5.15 Å². The number of rotatable bonds is 1. The molecule has 78 valence electrons. The molecule has 0 aliphatic carbocycles. The normalized spacial score (nSPS) is 15.8. The van der Waals surface area contributed by atoms with Gasteiger partial charge in [-0.3, -0.25) is 4.90 Å². The number of hydrogen-bond donors (Lipinski definition) is 0. The highest BCUT2D eigenvalue weighted by Gasteiger charge is 2.20. The summed E-state index contributed by atoms with van der Waals surface area (Å²) in [5.41, 5.74) is 1.79. The van der Waals surface area contributed by atoms with Gasteiger partial charge in [0.05, 0.1) is 18.3 Å². The summed E-state index contributed by atoms with van der Waals surface area (Å²) in [6, 6.07) is 2.11. The van der Waals surface area contributed by atoms with Crippen molar-refractivity contribution >= 4 is 23.2 Å². The molecular weight excluding hydrogens is 235 g/mol. The molecule has 0 amide bonds. The third kappa shape index (κ3) is 2.20. The van der Waals surface area contributed by atoms with Gasteiger partial charge in [0, 0.05) is 18.7 Å². The highest BCUT2D eigenvalue weighted by atomic mass is 35.5. The van der Waals surface area contributed by atoms with E-state index in [4.69, 9.17) is 28.5 Å². The number of fused-ring (bicyclic) bond motifs is 1. The summed E-state index contributed by atoms with van der Waals surface area (Å²) in [5.74, 6) is 0. The fourth-order valence-electron chi connectivity index (χ4n) is 1.65. The zero-order valence-electron chi connectivity index (χ0n) is 7.87. The molecule has 0 N–H and O–H groups in total. The summed E-state index contributed by atoms with van der Waals surface area (Å²) in [5, 5.41) is 9.20. The molecule has 15 heavy (non-hydrogen) atoms. The van der Waals surface area contributed by atoms with E-state index in [1.165, 1.54) is 0 Å². The van der Waals surface area contributed by atoms with Crippen LogP contribution >= 0.6 is 23.2 Å². The van der Waals surface area contributed by atoms with Crippen molar-refractivity contribution < 1.29 is 0 Å². The van der Waals surface area contributed by atoms with E-state index in [0.717, 1.165) is 24.2 Å². The SMILES string of the molecule is N#CCN1CCc2c(Cl)nc(Cl)nc2C1. The Kier molecular flexibility index (Phi) is 3.06. The molecule has 0 unspecified atom stereocenters. The molecule has 1 aliphatic rings. The Balaban J connectivity index is 2.30. The lowest BCUT2D eigenvalue weighted by Gasteiger charge is -2.25. The van der Waals surface area contributed by atoms with E-state index in [9.17, 15) is 0 Å². The van der Waals surface area contributed by atoms with Crippen LogP contribution in [0.4, 0.5) is 0 Å². The Morgan fingerprint density at radius 1 is 1.40 bits per heavy atom. The standard InChI is InChI=1S/C9H8Cl2N4/c10-8-6-1-3-15(4-2-12)5-7(6)13-9(11)14-8/h1,3-5H2. The number of nitrogens with zero attached hydrogens (tertiary/aromatic N) is 4. The van der Waals surface area contributed by atoms with E-state index >= 15 is 0 Å². The van der Waals surface area contributed by atoms with Crippen LogP contribution in [0.3, 0.4) is 0 Å². The molecule has 4 nitrogen and oxygen atoms in total. The van der Waals surface area contributed by atoms with Crippen LogP contribution in [0, 0.1) is 11.3 Å². The smallest absolute Gasteiger partial charge is 0.224 e. The average molecular weight is 243 g/mol. The van der Waals surface area contributed by atoms with Gasteiger partial charge in [0.25, 0.3) is 0 Å². The molecular formula is C9H8Cl2N4. The number of halogens is 2. The zero-order valence-corrected chi connectivity index (χ0v) is 9.39.